The average Bonchev–Trinajstić information content (AvgIpc) is 3.00. The number of amides is 1. The lowest BCUT2D eigenvalue weighted by Gasteiger charge is -2.28. The first kappa shape index (κ1) is 21.5. The molecule has 1 aliphatic heterocycles. The molecular formula is C20H25F3N4OS. The van der Waals surface area contributed by atoms with Crippen LogP contribution in [0, 0.1) is 19.3 Å². The quantitative estimate of drug-likeness (QED) is 0.741. The van der Waals surface area contributed by atoms with Gasteiger partial charge in [-0.3, -0.25) is 4.79 Å². The molecule has 3 rings (SSSR count). The second-order valence-electron chi connectivity index (χ2n) is 8.60. The average molecular weight is 427 g/mol. The zero-order chi connectivity index (χ0) is 21.6. The first-order valence-electron chi connectivity index (χ1n) is 9.42. The number of nitrogens with one attached hydrogen (secondary N) is 1. The molecule has 158 valence electrons. The van der Waals surface area contributed by atoms with Crippen LogP contribution in [0.2, 0.25) is 0 Å². The van der Waals surface area contributed by atoms with Crippen LogP contribution < -0.4 is 10.2 Å². The molecule has 0 unspecified atom stereocenters. The Morgan fingerprint density at radius 2 is 1.93 bits per heavy atom. The fourth-order valence-electron chi connectivity index (χ4n) is 3.34. The Hall–Kier alpha value is -2.16. The van der Waals surface area contributed by atoms with Crippen molar-refractivity contribution in [1.29, 1.82) is 0 Å². The van der Waals surface area contributed by atoms with Crippen LogP contribution in [0.1, 0.15) is 54.0 Å². The Balaban J connectivity index is 1.79. The number of hydrogen-bond donors (Lipinski definition) is 1. The van der Waals surface area contributed by atoms with Gasteiger partial charge in [0.15, 0.2) is 5.01 Å². The maximum absolute atomic E-state index is 12.9. The molecular weight excluding hydrogens is 401 g/mol. The van der Waals surface area contributed by atoms with E-state index in [9.17, 15) is 18.0 Å². The number of pyridine rings is 1. The minimum Gasteiger partial charge on any atom is -0.351 e. The lowest BCUT2D eigenvalue weighted by atomic mass is 9.92. The monoisotopic (exact) mass is 426 g/mol. The molecule has 0 aromatic carbocycles. The highest BCUT2D eigenvalue weighted by molar-refractivity contribution is 7.11. The summed E-state index contributed by atoms with van der Waals surface area (Å²) in [7, 11) is 0. The van der Waals surface area contributed by atoms with Gasteiger partial charge in [-0.2, -0.15) is 13.2 Å². The summed E-state index contributed by atoms with van der Waals surface area (Å²) in [5.74, 6) is 0.631. The number of fused-ring (bicyclic) bond motifs is 1. The molecule has 0 saturated heterocycles. The predicted octanol–water partition coefficient (Wildman–Crippen LogP) is 5.11. The molecule has 0 spiro atoms. The van der Waals surface area contributed by atoms with Crippen molar-refractivity contribution in [3.05, 3.63) is 32.9 Å². The molecule has 1 aliphatic rings. The molecule has 0 bridgehead atoms. The third-order valence-electron chi connectivity index (χ3n) is 4.64. The van der Waals surface area contributed by atoms with Gasteiger partial charge in [-0.05, 0) is 30.9 Å². The van der Waals surface area contributed by atoms with Crippen LogP contribution in [0.5, 0.6) is 0 Å². The van der Waals surface area contributed by atoms with Crippen molar-refractivity contribution in [1.82, 2.24) is 9.97 Å². The standard InChI is InChI=1S/C20H25F3N4OS/c1-11-8-15(24-12(2)17(11)26-16(28)9-19(3,4)5)27-7-6-13-14(10-27)29-18(25-13)20(21,22)23/h8H,6-7,9-10H2,1-5H3,(H,26,28). The van der Waals surface area contributed by atoms with Gasteiger partial charge in [0.05, 0.1) is 23.6 Å². The molecule has 1 N–H and O–H groups in total. The van der Waals surface area contributed by atoms with E-state index in [1.807, 2.05) is 45.6 Å². The van der Waals surface area contributed by atoms with E-state index in [0.29, 0.717) is 65.0 Å². The highest BCUT2D eigenvalue weighted by atomic mass is 32.1. The van der Waals surface area contributed by atoms with Gasteiger partial charge in [0.1, 0.15) is 5.82 Å². The molecule has 29 heavy (non-hydrogen) atoms. The van der Waals surface area contributed by atoms with Crippen LogP contribution >= 0.6 is 11.3 Å². The smallest absolute Gasteiger partial charge is 0.351 e. The van der Waals surface area contributed by atoms with Crippen molar-refractivity contribution in [3.63, 3.8) is 0 Å². The van der Waals surface area contributed by atoms with E-state index in [2.05, 4.69) is 15.3 Å². The van der Waals surface area contributed by atoms with Gasteiger partial charge in [0.2, 0.25) is 5.91 Å². The van der Waals surface area contributed by atoms with Crippen LogP contribution in [-0.2, 0) is 23.9 Å². The van der Waals surface area contributed by atoms with Crippen LogP contribution in [0.15, 0.2) is 6.07 Å². The Morgan fingerprint density at radius 1 is 1.24 bits per heavy atom. The molecule has 0 aliphatic carbocycles. The summed E-state index contributed by atoms with van der Waals surface area (Å²) in [6, 6.07) is 1.87. The maximum atomic E-state index is 12.9. The van der Waals surface area contributed by atoms with Crippen molar-refractivity contribution >= 4 is 28.7 Å². The number of alkyl halides is 3. The molecule has 0 atom stereocenters. The van der Waals surface area contributed by atoms with Crippen LogP contribution in [0.25, 0.3) is 0 Å². The van der Waals surface area contributed by atoms with Crippen LogP contribution in [0.3, 0.4) is 0 Å². The van der Waals surface area contributed by atoms with E-state index in [4.69, 9.17) is 0 Å². The topological polar surface area (TPSA) is 58.1 Å². The second kappa shape index (κ2) is 7.59. The molecule has 2 aromatic heterocycles. The summed E-state index contributed by atoms with van der Waals surface area (Å²) >= 11 is 0.703. The number of thiazole rings is 1. The molecule has 0 radical (unpaired) electrons. The molecule has 0 saturated carbocycles. The first-order chi connectivity index (χ1) is 13.3. The van der Waals surface area contributed by atoms with E-state index in [0.717, 1.165) is 5.56 Å². The van der Waals surface area contributed by atoms with E-state index in [1.165, 1.54) is 0 Å². The normalized spacial score (nSPS) is 14.7. The number of aryl methyl sites for hydroxylation is 2. The van der Waals surface area contributed by atoms with Gasteiger partial charge < -0.3 is 10.2 Å². The Labute approximate surface area is 172 Å². The molecule has 9 heteroatoms. The largest absolute Gasteiger partial charge is 0.443 e. The zero-order valence-corrected chi connectivity index (χ0v) is 18.0. The van der Waals surface area contributed by atoms with Crippen LogP contribution in [0.4, 0.5) is 24.7 Å². The van der Waals surface area contributed by atoms with Gasteiger partial charge >= 0.3 is 6.18 Å². The molecule has 0 fully saturated rings. The number of nitrogens with zero attached hydrogens (tertiary/aromatic N) is 3. The highest BCUT2D eigenvalue weighted by Gasteiger charge is 2.37. The predicted molar refractivity (Wildman–Crippen MR) is 108 cm³/mol. The third-order valence-corrected chi connectivity index (χ3v) is 5.76. The minimum atomic E-state index is -4.41. The van der Waals surface area contributed by atoms with Gasteiger partial charge in [0, 0.05) is 24.3 Å². The Bertz CT molecular complexity index is 908. The number of carbonyl (C=O) groups excluding carboxylic acids is 1. The van der Waals surface area contributed by atoms with Gasteiger partial charge in [0.25, 0.3) is 0 Å². The number of halogens is 3. The molecule has 5 nitrogen and oxygen atoms in total. The number of hydrogen-bond acceptors (Lipinski definition) is 5. The Kier molecular flexibility index (Phi) is 5.64. The fourth-order valence-corrected chi connectivity index (χ4v) is 4.33. The number of aromatic nitrogens is 2. The number of carbonyl (C=O) groups is 1. The van der Waals surface area contributed by atoms with Crippen molar-refractivity contribution < 1.29 is 18.0 Å². The van der Waals surface area contributed by atoms with E-state index in [1.54, 1.807) is 0 Å². The van der Waals surface area contributed by atoms with Crippen molar-refractivity contribution in [3.8, 4) is 0 Å². The van der Waals surface area contributed by atoms with E-state index >= 15 is 0 Å². The first-order valence-corrected chi connectivity index (χ1v) is 10.2. The second-order valence-corrected chi connectivity index (χ2v) is 9.69. The summed E-state index contributed by atoms with van der Waals surface area (Å²) in [5, 5.41) is 2.16. The van der Waals surface area contributed by atoms with Crippen molar-refractivity contribution in [2.45, 2.75) is 60.2 Å². The summed E-state index contributed by atoms with van der Waals surface area (Å²) in [4.78, 5) is 23.2. The SMILES string of the molecule is Cc1cc(N2CCc3nc(C(F)(F)F)sc3C2)nc(C)c1NC(=O)CC(C)(C)C. The molecule has 3 heterocycles. The highest BCUT2D eigenvalue weighted by Crippen LogP contribution is 2.37. The van der Waals surface area contributed by atoms with Crippen LogP contribution in [-0.4, -0.2) is 22.4 Å². The van der Waals surface area contributed by atoms with Crippen molar-refractivity contribution in [2.75, 3.05) is 16.8 Å². The zero-order valence-electron chi connectivity index (χ0n) is 17.2. The van der Waals surface area contributed by atoms with Gasteiger partial charge in [-0.1, -0.05) is 20.8 Å². The third kappa shape index (κ3) is 5.07. The number of rotatable bonds is 3. The van der Waals surface area contributed by atoms with Gasteiger partial charge in [-0.15, -0.1) is 11.3 Å². The number of anilines is 2. The summed E-state index contributed by atoms with van der Waals surface area (Å²) in [6.07, 6.45) is -3.56. The minimum absolute atomic E-state index is 0.0646. The summed E-state index contributed by atoms with van der Waals surface area (Å²) < 4.78 is 38.8. The van der Waals surface area contributed by atoms with E-state index in [-0.39, 0.29) is 11.3 Å². The molecule has 1 amide bonds. The maximum Gasteiger partial charge on any atom is 0.443 e. The van der Waals surface area contributed by atoms with Crippen molar-refractivity contribution in [2.24, 2.45) is 5.41 Å². The van der Waals surface area contributed by atoms with Gasteiger partial charge in [-0.25, -0.2) is 9.97 Å². The van der Waals surface area contributed by atoms with E-state index < -0.39 is 11.2 Å². The molecule has 2 aromatic rings. The Morgan fingerprint density at radius 3 is 2.52 bits per heavy atom. The lowest BCUT2D eigenvalue weighted by molar-refractivity contribution is -0.137. The summed E-state index contributed by atoms with van der Waals surface area (Å²) in [6.45, 7) is 10.6. The lowest BCUT2D eigenvalue weighted by Crippen LogP contribution is -2.30. The fraction of sp³-hybridized carbons (Fsp3) is 0.550. The summed E-state index contributed by atoms with van der Waals surface area (Å²) in [5.41, 5.74) is 2.67.